The first-order valence-electron chi connectivity index (χ1n) is 5.96. The molecule has 0 radical (unpaired) electrons. The molecule has 19 heavy (non-hydrogen) atoms. The summed E-state index contributed by atoms with van der Waals surface area (Å²) in [6, 6.07) is 4.75. The van der Waals surface area contributed by atoms with Crippen molar-refractivity contribution in [3.63, 3.8) is 0 Å². The van der Waals surface area contributed by atoms with Gasteiger partial charge in [0.2, 0.25) is 0 Å². The Kier molecular flexibility index (Phi) is 5.32. The molecule has 6 heteroatoms. The van der Waals surface area contributed by atoms with Crippen LogP contribution >= 0.6 is 12.2 Å². The number of nitrogens with one attached hydrogen (secondary N) is 1. The summed E-state index contributed by atoms with van der Waals surface area (Å²) < 4.78 is 14.6. The topological polar surface area (TPSA) is 49.3 Å². The average Bonchev–Trinajstić information content (AvgIpc) is 2.28. The second-order valence-electron chi connectivity index (χ2n) is 5.49. The number of benzene rings is 1. The Morgan fingerprint density at radius 2 is 2.00 bits per heavy atom. The van der Waals surface area contributed by atoms with Gasteiger partial charge in [-0.15, -0.1) is 0 Å². The molecule has 0 aliphatic carbocycles. The standard InChI is InChI=1S/C10H9FNO2S.3CH3.Sn/c1-6(10(13)14)9(15)12-8-4-2-7(11)3-5-8;;;;/h2,4-6H,1H3,(H,12,15)(H,13,14);3*1H3;. The van der Waals surface area contributed by atoms with Crippen LogP contribution in [0.25, 0.3) is 0 Å². The quantitative estimate of drug-likeness (QED) is 0.614. The van der Waals surface area contributed by atoms with Crippen molar-refractivity contribution in [2.45, 2.75) is 21.7 Å². The van der Waals surface area contributed by atoms with E-state index in [-0.39, 0.29) is 10.8 Å². The predicted octanol–water partition coefficient (Wildman–Crippen LogP) is 2.83. The molecule has 2 N–H and O–H groups in total. The van der Waals surface area contributed by atoms with Crippen LogP contribution in [0.5, 0.6) is 0 Å². The summed E-state index contributed by atoms with van der Waals surface area (Å²) in [6.45, 7) is 1.52. The van der Waals surface area contributed by atoms with Gasteiger partial charge in [0.15, 0.2) is 0 Å². The summed E-state index contributed by atoms with van der Waals surface area (Å²) >= 11 is 2.51. The molecule has 0 amide bonds. The first kappa shape index (κ1) is 16.4. The van der Waals surface area contributed by atoms with E-state index in [4.69, 9.17) is 17.3 Å². The van der Waals surface area contributed by atoms with Crippen molar-refractivity contribution in [2.24, 2.45) is 5.92 Å². The van der Waals surface area contributed by atoms with Gasteiger partial charge in [-0.1, -0.05) is 0 Å². The fraction of sp³-hybridized carbons (Fsp3) is 0.385. The number of rotatable bonds is 4. The van der Waals surface area contributed by atoms with Gasteiger partial charge in [-0.05, 0) is 0 Å². The maximum absolute atomic E-state index is 13.8. The Balaban J connectivity index is 2.98. The second kappa shape index (κ2) is 6.17. The molecule has 0 heterocycles. The minimum atomic E-state index is -2.53. The van der Waals surface area contributed by atoms with Crippen LogP contribution in [-0.2, 0) is 4.79 Å². The summed E-state index contributed by atoms with van der Waals surface area (Å²) in [7, 11) is 0. The molecule has 1 atom stereocenters. The van der Waals surface area contributed by atoms with Crippen molar-refractivity contribution in [3.05, 3.63) is 24.0 Å². The molecule has 0 bridgehead atoms. The van der Waals surface area contributed by atoms with Crippen molar-refractivity contribution in [1.29, 1.82) is 0 Å². The molecular weight excluding hydrogens is 372 g/mol. The van der Waals surface area contributed by atoms with E-state index in [1.54, 1.807) is 12.1 Å². The molecule has 1 rings (SSSR count). The van der Waals surface area contributed by atoms with Crippen molar-refractivity contribution in [2.75, 3.05) is 5.32 Å². The third-order valence-electron chi connectivity index (χ3n) is 2.81. The van der Waals surface area contributed by atoms with Gasteiger partial charge < -0.3 is 0 Å². The van der Waals surface area contributed by atoms with E-state index in [2.05, 4.69) is 20.1 Å². The van der Waals surface area contributed by atoms with Crippen LogP contribution in [0.15, 0.2) is 18.2 Å². The first-order chi connectivity index (χ1) is 8.62. The fourth-order valence-electron chi connectivity index (χ4n) is 1.54. The van der Waals surface area contributed by atoms with Crippen LogP contribution in [0.1, 0.15) is 6.92 Å². The van der Waals surface area contributed by atoms with Crippen LogP contribution in [0.3, 0.4) is 0 Å². The molecular formula is C13H18FNO2SSn. The molecule has 0 saturated carbocycles. The molecule has 104 valence electrons. The molecule has 1 aromatic carbocycles. The summed E-state index contributed by atoms with van der Waals surface area (Å²) in [5.41, 5.74) is 0.654. The third kappa shape index (κ3) is 4.42. The van der Waals surface area contributed by atoms with Gasteiger partial charge in [-0.3, -0.25) is 0 Å². The van der Waals surface area contributed by atoms with Crippen molar-refractivity contribution in [1.82, 2.24) is 0 Å². The Morgan fingerprint density at radius 1 is 1.42 bits per heavy atom. The van der Waals surface area contributed by atoms with Crippen LogP contribution in [0, 0.1) is 11.7 Å². The number of halogens is 1. The number of anilines is 1. The van der Waals surface area contributed by atoms with Crippen molar-refractivity contribution >= 4 is 50.8 Å². The number of carboxylic acid groups (broad SMARTS) is 1. The molecule has 0 spiro atoms. The molecule has 0 fully saturated rings. The van der Waals surface area contributed by atoms with Gasteiger partial charge in [-0.2, -0.15) is 0 Å². The van der Waals surface area contributed by atoms with E-state index in [1.807, 2.05) is 0 Å². The number of carbonyl (C=O) groups is 1. The Morgan fingerprint density at radius 3 is 2.47 bits per heavy atom. The second-order valence-corrected chi connectivity index (χ2v) is 20.3. The summed E-state index contributed by atoms with van der Waals surface area (Å²) in [5.74, 6) is -1.93. The van der Waals surface area contributed by atoms with Gasteiger partial charge in [0.25, 0.3) is 0 Å². The van der Waals surface area contributed by atoms with Gasteiger partial charge in [-0.25, -0.2) is 0 Å². The van der Waals surface area contributed by atoms with Crippen molar-refractivity contribution < 1.29 is 14.3 Å². The summed E-state index contributed by atoms with van der Waals surface area (Å²) in [6.07, 6.45) is 0. The zero-order valence-corrected chi connectivity index (χ0v) is 15.1. The van der Waals surface area contributed by atoms with Crippen LogP contribution in [-0.4, -0.2) is 34.4 Å². The predicted molar refractivity (Wildman–Crippen MR) is 82.4 cm³/mol. The number of hydrogen-bond donors (Lipinski definition) is 2. The monoisotopic (exact) mass is 391 g/mol. The zero-order valence-electron chi connectivity index (χ0n) is 11.5. The number of hydrogen-bond acceptors (Lipinski definition) is 2. The SMILES string of the molecule is CC(C(=O)O)C(=S)Nc1ccc(F)[c]([Sn]([CH3])([CH3])[CH3])c1. The van der Waals surface area contributed by atoms with Crippen LogP contribution in [0.4, 0.5) is 10.1 Å². The number of aliphatic carboxylic acids is 1. The number of thiocarbonyl (C=S) groups is 1. The van der Waals surface area contributed by atoms with E-state index in [0.29, 0.717) is 5.69 Å². The van der Waals surface area contributed by atoms with E-state index >= 15 is 0 Å². The summed E-state index contributed by atoms with van der Waals surface area (Å²) in [4.78, 5) is 17.4. The molecule has 0 saturated heterocycles. The van der Waals surface area contributed by atoms with Gasteiger partial charge in [0.1, 0.15) is 0 Å². The van der Waals surface area contributed by atoms with E-state index in [1.165, 1.54) is 13.0 Å². The number of carboxylic acids is 1. The van der Waals surface area contributed by atoms with Gasteiger partial charge in [0, 0.05) is 0 Å². The van der Waals surface area contributed by atoms with Gasteiger partial charge >= 0.3 is 122 Å². The Hall–Kier alpha value is -0.691. The zero-order chi connectivity index (χ0) is 14.8. The molecule has 0 aliphatic heterocycles. The van der Waals surface area contributed by atoms with Crippen LogP contribution < -0.4 is 8.90 Å². The normalized spacial score (nSPS) is 12.9. The molecule has 3 nitrogen and oxygen atoms in total. The average molecular weight is 390 g/mol. The van der Waals surface area contributed by atoms with Gasteiger partial charge in [0.05, 0.1) is 0 Å². The Labute approximate surface area is 122 Å². The maximum atomic E-state index is 13.8. The third-order valence-corrected chi connectivity index (χ3v) is 8.97. The fourth-order valence-corrected chi connectivity index (χ4v) is 5.72. The summed E-state index contributed by atoms with van der Waals surface area (Å²) in [5, 5.41) is 11.8. The molecule has 1 unspecified atom stereocenters. The Bertz CT molecular complexity index is 514. The molecule has 0 aromatic heterocycles. The minimum absolute atomic E-state index is 0.189. The van der Waals surface area contributed by atoms with E-state index in [9.17, 15) is 9.18 Å². The van der Waals surface area contributed by atoms with Crippen LogP contribution in [0.2, 0.25) is 14.8 Å². The molecule has 0 aliphatic rings. The van der Waals surface area contributed by atoms with E-state index < -0.39 is 30.3 Å². The van der Waals surface area contributed by atoms with Crippen molar-refractivity contribution in [3.8, 4) is 0 Å². The molecule has 1 aromatic rings. The van der Waals surface area contributed by atoms with E-state index in [0.717, 1.165) is 3.58 Å². The first-order valence-corrected chi connectivity index (χ1v) is 16.4.